The maximum Gasteiger partial charge on any atom is 0.124 e. The molecular formula is C15H20N2OS. The minimum Gasteiger partial charge on any atom is -0.370 e. The van der Waals surface area contributed by atoms with Crippen molar-refractivity contribution in [1.29, 1.82) is 0 Å². The van der Waals surface area contributed by atoms with E-state index < -0.39 is 0 Å². The molecule has 1 N–H and O–H groups in total. The molecule has 1 aliphatic heterocycles. The Bertz CT molecular complexity index is 535. The van der Waals surface area contributed by atoms with Gasteiger partial charge < -0.3 is 10.1 Å². The number of nitrogens with zero attached hydrogens (tertiary/aromatic N) is 1. The van der Waals surface area contributed by atoms with Crippen molar-refractivity contribution in [3.63, 3.8) is 0 Å². The molecule has 102 valence electrons. The third kappa shape index (κ3) is 2.66. The van der Waals surface area contributed by atoms with Gasteiger partial charge in [-0.2, -0.15) is 0 Å². The van der Waals surface area contributed by atoms with Gasteiger partial charge in [-0.15, -0.1) is 11.3 Å². The van der Waals surface area contributed by atoms with Gasteiger partial charge in [0.1, 0.15) is 11.1 Å². The third-order valence-electron chi connectivity index (χ3n) is 4.05. The first-order valence-corrected chi connectivity index (χ1v) is 7.74. The quantitative estimate of drug-likeness (QED) is 0.911. The molecule has 2 unspecified atom stereocenters. The highest BCUT2D eigenvalue weighted by atomic mass is 32.1. The molecule has 2 aromatic rings. The van der Waals surface area contributed by atoms with Gasteiger partial charge in [0, 0.05) is 18.7 Å². The first-order valence-electron chi connectivity index (χ1n) is 6.92. The summed E-state index contributed by atoms with van der Waals surface area (Å²) in [7, 11) is 0. The highest BCUT2D eigenvalue weighted by Gasteiger charge is 2.28. The topological polar surface area (TPSA) is 34.1 Å². The van der Waals surface area contributed by atoms with Gasteiger partial charge in [0.25, 0.3) is 0 Å². The number of para-hydroxylation sites is 1. The first kappa shape index (κ1) is 13.0. The van der Waals surface area contributed by atoms with Crippen LogP contribution >= 0.6 is 11.3 Å². The molecule has 1 fully saturated rings. The lowest BCUT2D eigenvalue weighted by atomic mass is 9.95. The van der Waals surface area contributed by atoms with Crippen molar-refractivity contribution in [2.24, 2.45) is 0 Å². The van der Waals surface area contributed by atoms with Gasteiger partial charge in [-0.3, -0.25) is 0 Å². The number of hydrogen-bond donors (Lipinski definition) is 1. The van der Waals surface area contributed by atoms with Gasteiger partial charge in [0.05, 0.1) is 10.2 Å². The molecule has 0 aliphatic carbocycles. The second-order valence-corrected chi connectivity index (χ2v) is 6.49. The normalized spacial score (nSPS) is 28.4. The van der Waals surface area contributed by atoms with E-state index in [0.29, 0.717) is 0 Å². The maximum absolute atomic E-state index is 6.00. The summed E-state index contributed by atoms with van der Waals surface area (Å²) in [6.07, 6.45) is 2.28. The summed E-state index contributed by atoms with van der Waals surface area (Å²) in [5.74, 6) is 0. The smallest absolute Gasteiger partial charge is 0.124 e. The van der Waals surface area contributed by atoms with Crippen molar-refractivity contribution in [2.75, 3.05) is 13.2 Å². The minimum absolute atomic E-state index is 0.0887. The van der Waals surface area contributed by atoms with Crippen molar-refractivity contribution in [2.45, 2.75) is 38.3 Å². The summed E-state index contributed by atoms with van der Waals surface area (Å²) in [6, 6.07) is 8.28. The number of benzene rings is 1. The molecule has 1 aromatic heterocycles. The summed E-state index contributed by atoms with van der Waals surface area (Å²) in [5, 5.41) is 4.73. The average Bonchev–Trinajstić information content (AvgIpc) is 2.76. The fraction of sp³-hybridized carbons (Fsp3) is 0.533. The van der Waals surface area contributed by atoms with Crippen molar-refractivity contribution in [3.05, 3.63) is 29.3 Å². The molecule has 0 saturated carbocycles. The lowest BCUT2D eigenvalue weighted by molar-refractivity contribution is 0.0653. The number of nitrogens with one attached hydrogen (secondary N) is 1. The van der Waals surface area contributed by atoms with Gasteiger partial charge >= 0.3 is 0 Å². The van der Waals surface area contributed by atoms with E-state index in [2.05, 4.69) is 37.4 Å². The Labute approximate surface area is 118 Å². The van der Waals surface area contributed by atoms with Crippen molar-refractivity contribution < 1.29 is 4.74 Å². The van der Waals surface area contributed by atoms with Crippen LogP contribution in [0.25, 0.3) is 10.2 Å². The fourth-order valence-electron chi connectivity index (χ4n) is 2.40. The van der Waals surface area contributed by atoms with E-state index in [0.717, 1.165) is 36.5 Å². The number of thiazole rings is 1. The fourth-order valence-corrected chi connectivity index (χ4v) is 3.42. The minimum atomic E-state index is 0.0887. The van der Waals surface area contributed by atoms with Gasteiger partial charge in [-0.25, -0.2) is 4.98 Å². The Morgan fingerprint density at radius 2 is 2.32 bits per heavy atom. The standard InChI is InChI=1S/C15H20N2OS/c1-3-15(2)8-9-18-12(10-16-15)14-17-11-6-4-5-7-13(11)19-14/h4-7,12,16H,3,8-10H2,1-2H3. The van der Waals surface area contributed by atoms with Crippen LogP contribution in [0.15, 0.2) is 24.3 Å². The summed E-state index contributed by atoms with van der Waals surface area (Å²) in [4.78, 5) is 4.71. The monoisotopic (exact) mass is 276 g/mol. The molecule has 1 aliphatic rings. The van der Waals surface area contributed by atoms with Gasteiger partial charge in [-0.05, 0) is 31.9 Å². The van der Waals surface area contributed by atoms with E-state index in [-0.39, 0.29) is 11.6 Å². The molecular weight excluding hydrogens is 256 g/mol. The van der Waals surface area contributed by atoms with Crippen molar-refractivity contribution >= 4 is 21.6 Å². The van der Waals surface area contributed by atoms with Crippen LogP contribution in [-0.4, -0.2) is 23.7 Å². The van der Waals surface area contributed by atoms with Crippen LogP contribution in [0, 0.1) is 0 Å². The SMILES string of the molecule is CCC1(C)CCOC(c2nc3ccccc3s2)CN1. The Morgan fingerprint density at radius 3 is 3.11 bits per heavy atom. The van der Waals surface area contributed by atoms with E-state index in [9.17, 15) is 0 Å². The van der Waals surface area contributed by atoms with E-state index in [1.807, 2.05) is 6.07 Å². The first-order chi connectivity index (χ1) is 9.20. The zero-order chi connectivity index (χ0) is 13.3. The predicted octanol–water partition coefficient (Wildman–Crippen LogP) is 3.52. The van der Waals surface area contributed by atoms with Crippen LogP contribution in [0.4, 0.5) is 0 Å². The Morgan fingerprint density at radius 1 is 1.47 bits per heavy atom. The lowest BCUT2D eigenvalue weighted by Crippen LogP contribution is -2.42. The second-order valence-electron chi connectivity index (χ2n) is 5.42. The lowest BCUT2D eigenvalue weighted by Gasteiger charge is -2.27. The van der Waals surface area contributed by atoms with E-state index in [1.165, 1.54) is 4.70 Å². The molecule has 0 bridgehead atoms. The van der Waals surface area contributed by atoms with Crippen LogP contribution in [0.1, 0.15) is 37.8 Å². The number of rotatable bonds is 2. The molecule has 0 spiro atoms. The molecule has 1 aromatic carbocycles. The molecule has 0 radical (unpaired) electrons. The highest BCUT2D eigenvalue weighted by molar-refractivity contribution is 7.18. The van der Waals surface area contributed by atoms with Crippen molar-refractivity contribution in [3.8, 4) is 0 Å². The Hall–Kier alpha value is -0.970. The molecule has 3 rings (SSSR count). The molecule has 3 nitrogen and oxygen atoms in total. The molecule has 1 saturated heterocycles. The predicted molar refractivity (Wildman–Crippen MR) is 79.6 cm³/mol. The van der Waals surface area contributed by atoms with Crippen LogP contribution in [0.3, 0.4) is 0 Å². The van der Waals surface area contributed by atoms with Crippen LogP contribution in [-0.2, 0) is 4.74 Å². The van der Waals surface area contributed by atoms with Crippen LogP contribution in [0.5, 0.6) is 0 Å². The zero-order valence-electron chi connectivity index (χ0n) is 11.5. The number of hydrogen-bond acceptors (Lipinski definition) is 4. The molecule has 2 atom stereocenters. The Balaban J connectivity index is 1.82. The van der Waals surface area contributed by atoms with E-state index in [1.54, 1.807) is 11.3 Å². The summed E-state index contributed by atoms with van der Waals surface area (Å²) < 4.78 is 7.24. The highest BCUT2D eigenvalue weighted by Crippen LogP contribution is 2.30. The maximum atomic E-state index is 6.00. The zero-order valence-corrected chi connectivity index (χ0v) is 12.3. The van der Waals surface area contributed by atoms with Crippen LogP contribution < -0.4 is 5.32 Å². The average molecular weight is 276 g/mol. The third-order valence-corrected chi connectivity index (χ3v) is 5.18. The molecule has 19 heavy (non-hydrogen) atoms. The number of ether oxygens (including phenoxy) is 1. The van der Waals surface area contributed by atoms with Crippen LogP contribution in [0.2, 0.25) is 0 Å². The Kier molecular flexibility index (Phi) is 3.56. The largest absolute Gasteiger partial charge is 0.370 e. The number of fused-ring (bicyclic) bond motifs is 1. The molecule has 2 heterocycles. The number of aromatic nitrogens is 1. The molecule has 0 amide bonds. The second kappa shape index (κ2) is 5.19. The van der Waals surface area contributed by atoms with E-state index >= 15 is 0 Å². The van der Waals surface area contributed by atoms with Gasteiger partial charge in [0.2, 0.25) is 0 Å². The van der Waals surface area contributed by atoms with Crippen molar-refractivity contribution in [1.82, 2.24) is 10.3 Å². The molecule has 4 heteroatoms. The summed E-state index contributed by atoms with van der Waals surface area (Å²) >= 11 is 1.74. The van der Waals surface area contributed by atoms with Gasteiger partial charge in [-0.1, -0.05) is 19.1 Å². The summed E-state index contributed by atoms with van der Waals surface area (Å²) in [5.41, 5.74) is 1.28. The van der Waals surface area contributed by atoms with Gasteiger partial charge in [0.15, 0.2) is 0 Å². The summed E-state index contributed by atoms with van der Waals surface area (Å²) in [6.45, 7) is 6.16. The van der Waals surface area contributed by atoms with E-state index in [4.69, 9.17) is 9.72 Å².